The fraction of sp³-hybridized carbons (Fsp3) is 0.460. The molecule has 28 nitrogen and oxygen atoms in total. The van der Waals surface area contributed by atoms with Crippen LogP contribution in [0.5, 0.6) is 23.0 Å². The molecule has 28 heteroatoms. The largest absolute Gasteiger partial charge is 0.497 e. The van der Waals surface area contributed by atoms with E-state index < -0.39 is 22.8 Å². The van der Waals surface area contributed by atoms with E-state index in [1.807, 2.05) is 188 Å². The Morgan fingerprint density at radius 2 is 0.745 bits per heavy atom. The van der Waals surface area contributed by atoms with Gasteiger partial charge in [0.15, 0.2) is 11.6 Å². The summed E-state index contributed by atoms with van der Waals surface area (Å²) in [5.41, 5.74) is 22.9. The van der Waals surface area contributed by atoms with Crippen molar-refractivity contribution in [1.82, 2.24) is 24.9 Å². The number of amides is 6. The predicted octanol–water partition coefficient (Wildman–Crippen LogP) is 21.1. The van der Waals surface area contributed by atoms with Crippen LogP contribution >= 0.6 is 0 Å². The van der Waals surface area contributed by atoms with Crippen LogP contribution < -0.4 is 40.6 Å². The lowest BCUT2D eigenvalue weighted by Crippen LogP contribution is -2.43. The molecule has 6 N–H and O–H groups in total. The second-order valence-electron chi connectivity index (χ2n) is 40.4. The molecule has 18 rings (SSSR count). The van der Waals surface area contributed by atoms with E-state index in [1.54, 1.807) is 51.5 Å². The average molecular weight is 1930 g/mol. The van der Waals surface area contributed by atoms with E-state index in [-0.39, 0.29) is 90.0 Å². The van der Waals surface area contributed by atoms with Gasteiger partial charge in [-0.15, -0.1) is 0 Å². The molecule has 9 heterocycles. The van der Waals surface area contributed by atoms with Crippen LogP contribution in [0.25, 0.3) is 22.3 Å². The number of hydrogen-bond acceptors (Lipinski definition) is 21. The van der Waals surface area contributed by atoms with E-state index in [1.165, 1.54) is 23.1 Å². The Morgan fingerprint density at radius 1 is 0.426 bits per heavy atom. The summed E-state index contributed by atoms with van der Waals surface area (Å²) in [4.78, 5) is 147. The van der Waals surface area contributed by atoms with Crippen molar-refractivity contribution in [3.8, 4) is 23.0 Å². The SMILES string of the molecule is CCC1=C(c2ccc(OC)cc2)CC2CCC(C1)N2C(=O)OC(C)(C)C.CCC=O.CCCN1C2CCC1CC(c1ccc(OC)cc1)=C(C(=O)Nc1ccc3c(c1)C(=O)CC3)C2.COc1ccc(C2=C(C(=O)Nc3ccc4c(c3)C(=O)CC4)CC3CCC(C2)N3C(=O)OC(C)(C)C)cc1.COc1ccc(C2=C(C(=O)O)CC3CCC(C2)N3C(=O)OC(C)(C)C)cc1.Nc1ccc2c(c1)C(=O)NC2.O=C=O. The number of nitrogens with one attached hydrogen (secondary N) is 3. The lowest BCUT2D eigenvalue weighted by atomic mass is 9.88. The van der Waals surface area contributed by atoms with Crippen LogP contribution in [0.2, 0.25) is 0 Å². The van der Waals surface area contributed by atoms with Gasteiger partial charge in [-0.3, -0.25) is 28.9 Å². The van der Waals surface area contributed by atoms with Crippen molar-refractivity contribution in [3.63, 3.8) is 0 Å². The van der Waals surface area contributed by atoms with E-state index in [9.17, 15) is 53.1 Å². The second-order valence-corrected chi connectivity index (χ2v) is 40.4. The summed E-state index contributed by atoms with van der Waals surface area (Å²) in [5.74, 6) is 2.25. The first kappa shape index (κ1) is 106. The molecular formula is C113H138N8O20. The molecular weight excluding hydrogens is 1790 g/mol. The van der Waals surface area contributed by atoms with Gasteiger partial charge < -0.3 is 79.4 Å². The zero-order valence-corrected chi connectivity index (χ0v) is 84.4. The van der Waals surface area contributed by atoms with Crippen molar-refractivity contribution in [2.24, 2.45) is 0 Å². The van der Waals surface area contributed by atoms with Crippen molar-refractivity contribution in [3.05, 3.63) is 230 Å². The Hall–Kier alpha value is -13.5. The van der Waals surface area contributed by atoms with Gasteiger partial charge in [-0.25, -0.2) is 19.2 Å². The Bertz CT molecular complexity index is 5890. The highest BCUT2D eigenvalue weighted by Crippen LogP contribution is 2.48. The number of carbonyl (C=O) groups excluding carboxylic acids is 11. The Kier molecular flexibility index (Phi) is 36.0. The summed E-state index contributed by atoms with van der Waals surface area (Å²) in [5, 5.41) is 18.7. The normalized spacial score (nSPS) is 20.6. The fourth-order valence-electron chi connectivity index (χ4n) is 21.0. The third-order valence-corrected chi connectivity index (χ3v) is 27.6. The number of benzene rings is 7. The van der Waals surface area contributed by atoms with Gasteiger partial charge in [0.05, 0.1) is 28.4 Å². The van der Waals surface area contributed by atoms with Gasteiger partial charge in [-0.2, -0.15) is 9.59 Å². The minimum atomic E-state index is -0.919. The first-order valence-corrected chi connectivity index (χ1v) is 49.3. The van der Waals surface area contributed by atoms with Crippen LogP contribution in [-0.4, -0.2) is 191 Å². The van der Waals surface area contributed by atoms with E-state index >= 15 is 0 Å². The molecule has 4 saturated heterocycles. The van der Waals surface area contributed by atoms with Crippen LogP contribution in [0.15, 0.2) is 174 Å². The molecule has 750 valence electrons. The minimum Gasteiger partial charge on any atom is -0.497 e. The highest BCUT2D eigenvalue weighted by atomic mass is 16.6. The number of nitrogens with two attached hydrogens (primary N) is 1. The number of anilines is 3. The molecule has 0 saturated carbocycles. The third-order valence-electron chi connectivity index (χ3n) is 27.6. The number of hydrogen-bond donors (Lipinski definition) is 5. The number of aldehydes is 1. The quantitative estimate of drug-likeness (QED) is 0.0321. The van der Waals surface area contributed by atoms with E-state index in [4.69, 9.17) is 48.5 Å². The van der Waals surface area contributed by atoms with Gasteiger partial charge in [0.25, 0.3) is 17.7 Å². The van der Waals surface area contributed by atoms with Gasteiger partial charge in [0.2, 0.25) is 0 Å². The molecule has 2 aliphatic carbocycles. The Morgan fingerprint density at radius 3 is 1.10 bits per heavy atom. The molecule has 141 heavy (non-hydrogen) atoms. The van der Waals surface area contributed by atoms with Crippen LogP contribution in [0, 0.1) is 0 Å². The smallest absolute Gasteiger partial charge is 0.410 e. The first-order chi connectivity index (χ1) is 67.3. The number of aliphatic carboxylic acids is 1. The van der Waals surface area contributed by atoms with Crippen LogP contribution in [-0.2, 0) is 62.4 Å². The number of aryl methyl sites for hydroxylation is 2. The van der Waals surface area contributed by atoms with E-state index in [0.717, 1.165) is 193 Å². The molecule has 11 aliphatic rings. The number of Topliss-reactive ketones (excluding diaryl/α,β-unsaturated/α-hetero) is 2. The predicted molar refractivity (Wildman–Crippen MR) is 542 cm³/mol. The second kappa shape index (κ2) is 47.7. The molecule has 8 bridgehead atoms. The number of carboxylic acid groups (broad SMARTS) is 1. The molecule has 0 radical (unpaired) electrons. The summed E-state index contributed by atoms with van der Waals surface area (Å²) < 4.78 is 38.2. The third kappa shape index (κ3) is 27.0. The van der Waals surface area contributed by atoms with Crippen molar-refractivity contribution in [1.29, 1.82) is 0 Å². The fourth-order valence-corrected chi connectivity index (χ4v) is 21.0. The summed E-state index contributed by atoms with van der Waals surface area (Å²) in [6.45, 7) is 24.9. The molecule has 6 amide bonds. The minimum absolute atomic E-state index is 0.0210. The molecule has 9 aliphatic heterocycles. The maximum Gasteiger partial charge on any atom is 0.410 e. The first-order valence-electron chi connectivity index (χ1n) is 49.3. The van der Waals surface area contributed by atoms with Crippen LogP contribution in [0.4, 0.5) is 31.4 Å². The van der Waals surface area contributed by atoms with Crippen molar-refractivity contribution < 1.29 is 95.8 Å². The van der Waals surface area contributed by atoms with Gasteiger partial charge in [-0.05, 0) is 337 Å². The highest BCUT2D eigenvalue weighted by Gasteiger charge is 2.48. The van der Waals surface area contributed by atoms with E-state index in [0.29, 0.717) is 103 Å². The van der Waals surface area contributed by atoms with Crippen molar-refractivity contribution >= 4 is 105 Å². The lowest BCUT2D eigenvalue weighted by Gasteiger charge is -2.31. The standard InChI is InChI=1S/C30H34N2O5.C28H32N2O3.C22H31NO3.C21H27NO5.C8H8N2O.C3H6O.CO2/c1-30(2,3)37-29(35)32-21-10-11-22(32)17-26(24(16-21)18-6-12-23(36-4)13-7-18)28(34)31-20-9-5-19-8-14-27(33)25(19)15-20;1-3-14-30-21-9-10-22(30)17-26(24(16-21)18-5-11-23(33-2)12-6-18)28(32)29-20-8-4-19-7-13-27(31)25(19)15-20;1-6-15-13-17-9-10-18(23(17)21(24)26-22(2,3)4)14-20(15)16-7-11-19(25-5)12-8-16;1-21(2,3)27-20(25)22-14-7-8-15(22)12-18(19(23)24)17(11-14)13-5-9-16(26-4)10-6-13;9-6-2-1-5-4-10-8(11)7(5)3-6;1-2-3-4;2-1-3/h5-7,9,12-13,15,21-22H,8,10-11,14,16-17H2,1-4H3,(H,31,34);4-6,8,11-12,15,21-22H,3,7,9-10,13-14,16-17H2,1-2H3,(H,29,32);7-8,11-12,17-18H,6,9-10,13-14H2,1-5H3;5-6,9-10,14-15H,7-8,11-12H2,1-4H3,(H,23,24);1-3H,4,9H2,(H,10,11);3H,2H2,1H3;. The highest BCUT2D eigenvalue weighted by molar-refractivity contribution is 6.12. The van der Waals surface area contributed by atoms with Crippen molar-refractivity contribution in [2.45, 2.75) is 302 Å². The number of fused-ring (bicyclic) bond motifs is 11. The maximum atomic E-state index is 13.8. The number of carboxylic acids is 1. The Labute approximate surface area is 827 Å². The van der Waals surface area contributed by atoms with Crippen molar-refractivity contribution in [2.75, 3.05) is 51.4 Å². The maximum absolute atomic E-state index is 13.8. The zero-order valence-electron chi connectivity index (χ0n) is 84.4. The number of nitrogen functional groups attached to an aromatic ring is 1. The Balaban J connectivity index is 0.000000159. The summed E-state index contributed by atoms with van der Waals surface area (Å²) in [7, 11) is 6.58. The average Bonchev–Trinajstić information content (AvgIpc) is 1.63. The molecule has 4 fully saturated rings. The van der Waals surface area contributed by atoms with Crippen LogP contribution in [0.3, 0.4) is 0 Å². The van der Waals surface area contributed by atoms with Gasteiger partial charge >= 0.3 is 30.4 Å². The number of carbonyl (C=O) groups is 10. The molecule has 7 aromatic rings. The topological polar surface area (TPSA) is 365 Å². The number of ether oxygens (including phenoxy) is 7. The zero-order chi connectivity index (χ0) is 102. The molecule has 0 spiro atoms. The molecule has 7 aromatic carbocycles. The number of nitrogens with zero attached hydrogens (tertiary/aromatic N) is 4. The monoisotopic (exact) mass is 1930 g/mol. The number of methoxy groups -OCH3 is 4. The van der Waals surface area contributed by atoms with Gasteiger partial charge in [0, 0.05) is 131 Å². The lowest BCUT2D eigenvalue weighted by molar-refractivity contribution is -0.191. The number of rotatable bonds is 17. The summed E-state index contributed by atoms with van der Waals surface area (Å²) >= 11 is 0. The molecule has 0 aromatic heterocycles. The van der Waals surface area contributed by atoms with Gasteiger partial charge in [0.1, 0.15) is 46.1 Å². The van der Waals surface area contributed by atoms with Gasteiger partial charge in [-0.1, -0.05) is 93.1 Å². The van der Waals surface area contributed by atoms with Crippen LogP contribution in [0.1, 0.15) is 288 Å². The van der Waals surface area contributed by atoms with E-state index in [2.05, 4.69) is 59.0 Å². The number of ketones is 2. The summed E-state index contributed by atoms with van der Waals surface area (Å²) in [6.07, 6.45) is 18.9. The molecule has 8 unspecified atom stereocenters. The summed E-state index contributed by atoms with van der Waals surface area (Å²) in [6, 6.07) is 49.3. The molecule has 8 atom stereocenters.